The smallest absolute Gasteiger partial charge is 0.0179 e. The van der Waals surface area contributed by atoms with E-state index in [1.165, 1.54) is 24.3 Å². The third-order valence-corrected chi connectivity index (χ3v) is 3.66. The molecule has 0 unspecified atom stereocenters. The van der Waals surface area contributed by atoms with Crippen LogP contribution in [0.2, 0.25) is 0 Å². The highest BCUT2D eigenvalue weighted by atomic mass is 127. The third-order valence-electron chi connectivity index (χ3n) is 1.50. The molecule has 0 radical (unpaired) electrons. The number of nitrogens with one attached hydrogen (secondary N) is 1. The molecule has 0 rings (SSSR count). The first-order chi connectivity index (χ1) is 5.35. The summed E-state index contributed by atoms with van der Waals surface area (Å²) < 4.78 is 3.32. The van der Waals surface area contributed by atoms with Gasteiger partial charge in [0.05, 0.1) is 0 Å². The zero-order valence-electron chi connectivity index (χ0n) is 7.10. The fraction of sp³-hybridized carbons (Fsp3) is 1.00. The average Bonchev–Trinajstić information content (AvgIpc) is 2.05. The molecular weight excluding hydrogens is 289 g/mol. The van der Waals surface area contributed by atoms with Crippen molar-refractivity contribution in [2.45, 2.75) is 18.9 Å². The Morgan fingerprint density at radius 3 is 1.91 bits per heavy atom. The van der Waals surface area contributed by atoms with Crippen LogP contribution in [0.5, 0.6) is 0 Å². The van der Waals surface area contributed by atoms with E-state index in [2.05, 4.69) is 38.9 Å². The quantitative estimate of drug-likeness (QED) is 0.574. The summed E-state index contributed by atoms with van der Waals surface area (Å²) in [6.45, 7) is 0. The molecule has 0 atom stereocenters. The highest BCUT2D eigenvalue weighted by Crippen LogP contribution is 2.08. The molecule has 0 amide bonds. The first kappa shape index (κ1) is 12.4. The predicted molar refractivity (Wildman–Crippen MR) is 66.9 cm³/mol. The van der Waals surface area contributed by atoms with Crippen molar-refractivity contribution >= 4 is 46.4 Å². The van der Waals surface area contributed by atoms with Crippen LogP contribution < -0.4 is 3.53 Å². The van der Waals surface area contributed by atoms with E-state index in [-0.39, 0.29) is 0 Å². The molecule has 1 nitrogen and oxygen atoms in total. The molecule has 0 aliphatic heterocycles. The van der Waals surface area contributed by atoms with Crippen molar-refractivity contribution in [1.29, 1.82) is 0 Å². The maximum atomic E-state index is 3.32. The van der Waals surface area contributed by atoms with Crippen molar-refractivity contribution in [2.75, 3.05) is 24.0 Å². The number of hydrogen-bond donors (Lipinski definition) is 1. The average molecular weight is 305 g/mol. The van der Waals surface area contributed by atoms with Crippen molar-refractivity contribution in [3.8, 4) is 0 Å². The number of rotatable bonds is 7. The molecule has 0 heterocycles. The molecule has 0 spiro atoms. The standard InChI is InChI=1S/C7H16INS2/c1-10-5-3-7(9-8)4-6-11-2/h7,9H,3-6H2,1-2H3. The fourth-order valence-corrected chi connectivity index (χ4v) is 2.44. The number of halogens is 1. The third kappa shape index (κ3) is 7.74. The van der Waals surface area contributed by atoms with Gasteiger partial charge in [-0.1, -0.05) is 0 Å². The maximum absolute atomic E-state index is 3.32. The molecule has 68 valence electrons. The van der Waals surface area contributed by atoms with Crippen LogP contribution in [0.4, 0.5) is 0 Å². The van der Waals surface area contributed by atoms with Crippen molar-refractivity contribution in [3.05, 3.63) is 0 Å². The molecule has 0 aromatic heterocycles. The minimum atomic E-state index is 0.718. The Labute approximate surface area is 92.3 Å². The second kappa shape index (κ2) is 9.48. The molecule has 4 heteroatoms. The molecule has 0 fully saturated rings. The van der Waals surface area contributed by atoms with Crippen LogP contribution in [0.1, 0.15) is 12.8 Å². The zero-order chi connectivity index (χ0) is 8.53. The SMILES string of the molecule is CSCCC(CCSC)NI. The maximum Gasteiger partial charge on any atom is 0.0179 e. The van der Waals surface area contributed by atoms with Gasteiger partial charge in [-0.05, 0) is 36.9 Å². The van der Waals surface area contributed by atoms with E-state index in [1.807, 2.05) is 23.5 Å². The Balaban J connectivity index is 3.25. The molecule has 0 aliphatic carbocycles. The Bertz CT molecular complexity index is 74.8. The summed E-state index contributed by atoms with van der Waals surface area (Å²) in [7, 11) is 0. The number of thioether (sulfide) groups is 2. The van der Waals surface area contributed by atoms with Crippen molar-refractivity contribution in [1.82, 2.24) is 3.53 Å². The molecule has 11 heavy (non-hydrogen) atoms. The van der Waals surface area contributed by atoms with E-state index in [4.69, 9.17) is 0 Å². The van der Waals surface area contributed by atoms with E-state index < -0.39 is 0 Å². The first-order valence-electron chi connectivity index (χ1n) is 3.69. The summed E-state index contributed by atoms with van der Waals surface area (Å²) in [4.78, 5) is 0. The van der Waals surface area contributed by atoms with Crippen LogP contribution in [0.15, 0.2) is 0 Å². The highest BCUT2D eigenvalue weighted by molar-refractivity contribution is 14.1. The van der Waals surface area contributed by atoms with Crippen molar-refractivity contribution in [2.24, 2.45) is 0 Å². The summed E-state index contributed by atoms with van der Waals surface area (Å²) >= 11 is 6.12. The molecule has 0 aromatic rings. The van der Waals surface area contributed by atoms with Crippen molar-refractivity contribution < 1.29 is 0 Å². The molecule has 0 aliphatic rings. The first-order valence-corrected chi connectivity index (χ1v) is 7.55. The minimum absolute atomic E-state index is 0.718. The van der Waals surface area contributed by atoms with Crippen LogP contribution in [0.3, 0.4) is 0 Å². The summed E-state index contributed by atoms with van der Waals surface area (Å²) in [5.41, 5.74) is 0. The van der Waals surface area contributed by atoms with Gasteiger partial charge in [0, 0.05) is 28.9 Å². The summed E-state index contributed by atoms with van der Waals surface area (Å²) in [5.74, 6) is 2.55. The Morgan fingerprint density at radius 1 is 1.18 bits per heavy atom. The van der Waals surface area contributed by atoms with E-state index in [0.717, 1.165) is 6.04 Å². The van der Waals surface area contributed by atoms with E-state index >= 15 is 0 Å². The minimum Gasteiger partial charge on any atom is -0.258 e. The second-order valence-electron chi connectivity index (χ2n) is 2.37. The van der Waals surface area contributed by atoms with Gasteiger partial charge in [-0.15, -0.1) is 0 Å². The van der Waals surface area contributed by atoms with Gasteiger partial charge in [0.1, 0.15) is 0 Å². The van der Waals surface area contributed by atoms with Gasteiger partial charge in [-0.25, -0.2) is 0 Å². The Hall–Kier alpha value is 1.39. The van der Waals surface area contributed by atoms with E-state index in [9.17, 15) is 0 Å². The van der Waals surface area contributed by atoms with Crippen LogP contribution in [-0.4, -0.2) is 30.1 Å². The summed E-state index contributed by atoms with van der Waals surface area (Å²) in [6, 6.07) is 0.718. The van der Waals surface area contributed by atoms with Crippen LogP contribution in [0, 0.1) is 0 Å². The molecule has 0 bridgehead atoms. The van der Waals surface area contributed by atoms with Gasteiger partial charge < -0.3 is 0 Å². The van der Waals surface area contributed by atoms with Gasteiger partial charge in [0.15, 0.2) is 0 Å². The summed E-state index contributed by atoms with van der Waals surface area (Å²) in [5, 5.41) is 0. The van der Waals surface area contributed by atoms with Crippen LogP contribution in [-0.2, 0) is 0 Å². The largest absolute Gasteiger partial charge is 0.258 e. The Kier molecular flexibility index (Phi) is 10.7. The van der Waals surface area contributed by atoms with Gasteiger partial charge in [-0.3, -0.25) is 3.53 Å². The van der Waals surface area contributed by atoms with E-state index in [1.54, 1.807) is 0 Å². The van der Waals surface area contributed by atoms with Gasteiger partial charge in [-0.2, -0.15) is 23.5 Å². The summed E-state index contributed by atoms with van der Waals surface area (Å²) in [6.07, 6.45) is 6.92. The van der Waals surface area contributed by atoms with Gasteiger partial charge >= 0.3 is 0 Å². The lowest BCUT2D eigenvalue weighted by Gasteiger charge is -2.12. The van der Waals surface area contributed by atoms with Crippen molar-refractivity contribution in [3.63, 3.8) is 0 Å². The van der Waals surface area contributed by atoms with Crippen LogP contribution in [0.25, 0.3) is 0 Å². The van der Waals surface area contributed by atoms with Crippen LogP contribution >= 0.6 is 46.4 Å². The zero-order valence-corrected chi connectivity index (χ0v) is 10.9. The lowest BCUT2D eigenvalue weighted by atomic mass is 10.2. The lowest BCUT2D eigenvalue weighted by Crippen LogP contribution is -2.21. The molecule has 1 N–H and O–H groups in total. The topological polar surface area (TPSA) is 12.0 Å². The fourth-order valence-electron chi connectivity index (χ4n) is 0.774. The predicted octanol–water partition coefficient (Wildman–Crippen LogP) is 2.80. The monoisotopic (exact) mass is 305 g/mol. The lowest BCUT2D eigenvalue weighted by molar-refractivity contribution is 0.615. The Morgan fingerprint density at radius 2 is 1.64 bits per heavy atom. The molecule has 0 saturated carbocycles. The molecule has 0 aromatic carbocycles. The van der Waals surface area contributed by atoms with Gasteiger partial charge in [0.25, 0.3) is 0 Å². The van der Waals surface area contributed by atoms with Gasteiger partial charge in [0.2, 0.25) is 0 Å². The molecular formula is C7H16INS2. The van der Waals surface area contributed by atoms with E-state index in [0.29, 0.717) is 0 Å². The number of hydrogen-bond acceptors (Lipinski definition) is 3. The highest BCUT2D eigenvalue weighted by Gasteiger charge is 2.04. The molecule has 0 saturated heterocycles. The normalized spacial score (nSPS) is 10.9. The second-order valence-corrected chi connectivity index (χ2v) is 4.96.